The summed E-state index contributed by atoms with van der Waals surface area (Å²) in [5.41, 5.74) is -2.47. The third-order valence-electron chi connectivity index (χ3n) is 3.27. The molecule has 114 valence electrons. The van der Waals surface area contributed by atoms with Crippen LogP contribution in [0.4, 0.5) is 30.5 Å². The van der Waals surface area contributed by atoms with Gasteiger partial charge in [-0.1, -0.05) is 26.2 Å². The fourth-order valence-electron chi connectivity index (χ4n) is 2.16. The average molecular weight is 312 g/mol. The minimum absolute atomic E-state index is 0.0638. The van der Waals surface area contributed by atoms with Crippen LogP contribution in [0.1, 0.15) is 32.6 Å². The molecule has 0 amide bonds. The second kappa shape index (κ2) is 4.91. The summed E-state index contributed by atoms with van der Waals surface area (Å²) in [5.74, 6) is -10.8. The van der Waals surface area contributed by atoms with Crippen molar-refractivity contribution in [3.05, 3.63) is 0 Å². The third kappa shape index (κ3) is 2.63. The first-order chi connectivity index (χ1) is 8.40. The summed E-state index contributed by atoms with van der Waals surface area (Å²) in [5, 5.41) is 0. The standard InChI is InChI=1S/C10H15F7OSi/c1-3-4-5-6-7-8(11,12)9(13,14)10(15,16)18-19(7,2)17/h7H,3-6H2,1-2H3. The Kier molecular flexibility index (Phi) is 4.32. The Labute approximate surface area is 107 Å². The summed E-state index contributed by atoms with van der Waals surface area (Å²) >= 11 is 0. The molecule has 9 heteroatoms. The molecule has 1 rings (SSSR count). The van der Waals surface area contributed by atoms with Crippen molar-refractivity contribution < 1.29 is 34.9 Å². The van der Waals surface area contributed by atoms with Crippen molar-refractivity contribution in [1.82, 2.24) is 0 Å². The Bertz CT molecular complexity index is 332. The second-order valence-electron chi connectivity index (χ2n) is 4.85. The maximum Gasteiger partial charge on any atom is 0.418 e. The predicted molar refractivity (Wildman–Crippen MR) is 56.5 cm³/mol. The Balaban J connectivity index is 3.07. The van der Waals surface area contributed by atoms with Gasteiger partial charge in [0.15, 0.2) is 0 Å². The monoisotopic (exact) mass is 312 g/mol. The molecule has 0 aromatic carbocycles. The van der Waals surface area contributed by atoms with Crippen molar-refractivity contribution in [2.45, 2.75) is 62.6 Å². The van der Waals surface area contributed by atoms with E-state index in [9.17, 15) is 30.5 Å². The zero-order valence-corrected chi connectivity index (χ0v) is 11.5. The molecule has 0 aromatic heterocycles. The van der Waals surface area contributed by atoms with E-state index in [1.54, 1.807) is 6.92 Å². The van der Waals surface area contributed by atoms with Crippen molar-refractivity contribution in [3.8, 4) is 0 Å². The van der Waals surface area contributed by atoms with Gasteiger partial charge in [-0.2, -0.15) is 26.3 Å². The lowest BCUT2D eigenvalue weighted by Gasteiger charge is -2.46. The first-order valence-electron chi connectivity index (χ1n) is 5.92. The summed E-state index contributed by atoms with van der Waals surface area (Å²) in [6.07, 6.45) is -4.97. The van der Waals surface area contributed by atoms with Gasteiger partial charge in [0.05, 0.1) is 5.54 Å². The van der Waals surface area contributed by atoms with E-state index in [4.69, 9.17) is 0 Å². The van der Waals surface area contributed by atoms with Crippen LogP contribution >= 0.6 is 0 Å². The highest BCUT2D eigenvalue weighted by atomic mass is 28.4. The molecule has 0 N–H and O–H groups in total. The molecule has 2 unspecified atom stereocenters. The number of unbranched alkanes of at least 4 members (excludes halogenated alkanes) is 2. The molecule has 0 aliphatic carbocycles. The molecule has 0 bridgehead atoms. The number of hydrogen-bond donors (Lipinski definition) is 0. The Morgan fingerprint density at radius 1 is 1.05 bits per heavy atom. The molecule has 0 aromatic rings. The molecule has 0 saturated carbocycles. The van der Waals surface area contributed by atoms with Crippen LogP contribution in [0.2, 0.25) is 12.1 Å². The summed E-state index contributed by atoms with van der Waals surface area (Å²) < 4.78 is 96.4. The quantitative estimate of drug-likeness (QED) is 0.311. The molecule has 1 heterocycles. The lowest BCUT2D eigenvalue weighted by atomic mass is 10.0. The minimum Gasteiger partial charge on any atom is -0.327 e. The van der Waals surface area contributed by atoms with Crippen LogP contribution in [0, 0.1) is 0 Å². The van der Waals surface area contributed by atoms with Crippen LogP contribution in [0.25, 0.3) is 0 Å². The Hall–Kier alpha value is -0.313. The normalized spacial score (nSPS) is 36.2. The zero-order chi connectivity index (χ0) is 15.1. The molecule has 0 spiro atoms. The van der Waals surface area contributed by atoms with Gasteiger partial charge >= 0.3 is 26.6 Å². The first-order valence-corrected chi connectivity index (χ1v) is 8.29. The Morgan fingerprint density at radius 2 is 1.58 bits per heavy atom. The van der Waals surface area contributed by atoms with E-state index in [1.807, 2.05) is 0 Å². The lowest BCUT2D eigenvalue weighted by molar-refractivity contribution is -0.395. The summed E-state index contributed by atoms with van der Waals surface area (Å²) in [6, 6.07) is 0. The molecule has 19 heavy (non-hydrogen) atoms. The summed E-state index contributed by atoms with van der Waals surface area (Å²) in [6.45, 7) is 2.21. The van der Waals surface area contributed by atoms with E-state index in [2.05, 4.69) is 4.43 Å². The van der Waals surface area contributed by atoms with Crippen molar-refractivity contribution >= 4 is 8.65 Å². The molecule has 1 nitrogen and oxygen atoms in total. The van der Waals surface area contributed by atoms with Gasteiger partial charge in [0.2, 0.25) is 0 Å². The van der Waals surface area contributed by atoms with Gasteiger partial charge in [0.1, 0.15) is 0 Å². The van der Waals surface area contributed by atoms with Gasteiger partial charge < -0.3 is 4.43 Å². The van der Waals surface area contributed by atoms with Gasteiger partial charge in [-0.15, -0.1) is 0 Å². The fraction of sp³-hybridized carbons (Fsp3) is 1.00. The van der Waals surface area contributed by atoms with Gasteiger partial charge in [0.25, 0.3) is 0 Å². The maximum atomic E-state index is 13.9. The van der Waals surface area contributed by atoms with Crippen molar-refractivity contribution in [3.63, 3.8) is 0 Å². The zero-order valence-electron chi connectivity index (χ0n) is 10.5. The summed E-state index contributed by atoms with van der Waals surface area (Å²) in [4.78, 5) is 0. The van der Waals surface area contributed by atoms with Gasteiger partial charge in [-0.3, -0.25) is 4.11 Å². The van der Waals surface area contributed by atoms with E-state index < -0.39 is 38.6 Å². The minimum atomic E-state index is -5.70. The van der Waals surface area contributed by atoms with Crippen LogP contribution in [0.5, 0.6) is 0 Å². The SMILES string of the molecule is CCCCCC1C(F)(F)C(F)(F)C(F)(F)O[Si]1(C)F. The van der Waals surface area contributed by atoms with Gasteiger partial charge in [-0.25, -0.2) is 0 Å². The lowest BCUT2D eigenvalue weighted by Crippen LogP contribution is -2.69. The fourth-order valence-corrected chi connectivity index (χ4v) is 4.48. The van der Waals surface area contributed by atoms with Crippen molar-refractivity contribution in [2.24, 2.45) is 0 Å². The highest BCUT2D eigenvalue weighted by molar-refractivity contribution is 6.67. The molecular weight excluding hydrogens is 297 g/mol. The number of rotatable bonds is 4. The molecule has 1 saturated heterocycles. The van der Waals surface area contributed by atoms with E-state index in [1.165, 1.54) is 0 Å². The topological polar surface area (TPSA) is 9.23 Å². The van der Waals surface area contributed by atoms with E-state index >= 15 is 0 Å². The average Bonchev–Trinajstić information content (AvgIpc) is 2.20. The molecule has 0 radical (unpaired) electrons. The van der Waals surface area contributed by atoms with Crippen LogP contribution in [0.15, 0.2) is 0 Å². The third-order valence-corrected chi connectivity index (χ3v) is 5.82. The number of alkyl halides is 6. The van der Waals surface area contributed by atoms with Crippen molar-refractivity contribution in [2.75, 3.05) is 0 Å². The molecular formula is C10H15F7OSi. The van der Waals surface area contributed by atoms with Crippen LogP contribution in [-0.4, -0.2) is 26.6 Å². The van der Waals surface area contributed by atoms with Gasteiger partial charge in [0, 0.05) is 0 Å². The van der Waals surface area contributed by atoms with Crippen LogP contribution in [-0.2, 0) is 4.43 Å². The number of hydrogen-bond acceptors (Lipinski definition) is 1. The second-order valence-corrected chi connectivity index (χ2v) is 7.72. The molecule has 1 aliphatic heterocycles. The van der Waals surface area contributed by atoms with E-state index in [0.717, 1.165) is 0 Å². The first kappa shape index (κ1) is 16.7. The van der Waals surface area contributed by atoms with Crippen LogP contribution < -0.4 is 0 Å². The maximum absolute atomic E-state index is 13.9. The van der Waals surface area contributed by atoms with Crippen LogP contribution in [0.3, 0.4) is 0 Å². The largest absolute Gasteiger partial charge is 0.418 e. The van der Waals surface area contributed by atoms with E-state index in [-0.39, 0.29) is 6.42 Å². The Morgan fingerprint density at radius 3 is 2.05 bits per heavy atom. The summed E-state index contributed by atoms with van der Waals surface area (Å²) in [7, 11) is -5.11. The van der Waals surface area contributed by atoms with Gasteiger partial charge in [-0.05, 0) is 13.0 Å². The number of halogens is 7. The highest BCUT2D eigenvalue weighted by Crippen LogP contribution is 2.61. The smallest absolute Gasteiger partial charge is 0.327 e. The van der Waals surface area contributed by atoms with Crippen molar-refractivity contribution in [1.29, 1.82) is 0 Å². The predicted octanol–water partition coefficient (Wildman–Crippen LogP) is 4.87. The highest BCUT2D eigenvalue weighted by Gasteiger charge is 2.83. The molecule has 2 atom stereocenters. The molecule has 1 aliphatic rings. The van der Waals surface area contributed by atoms with E-state index in [0.29, 0.717) is 19.4 Å². The molecule has 1 fully saturated rings.